The van der Waals surface area contributed by atoms with E-state index in [1.54, 1.807) is 23.0 Å². The highest BCUT2D eigenvalue weighted by molar-refractivity contribution is 7.17. The quantitative estimate of drug-likeness (QED) is 0.274. The number of anilines is 1. The molecule has 7 rings (SSSR count). The fourth-order valence-electron chi connectivity index (χ4n) is 5.82. The molecule has 0 spiro atoms. The summed E-state index contributed by atoms with van der Waals surface area (Å²) in [7, 11) is 0. The number of nitrogens with two attached hydrogens (primary N) is 1. The number of furan rings is 1. The van der Waals surface area contributed by atoms with E-state index < -0.39 is 0 Å². The molecule has 12 nitrogen and oxygen atoms in total. The Hall–Kier alpha value is -3.78. The van der Waals surface area contributed by atoms with Crippen LogP contribution in [-0.2, 0) is 11.3 Å². The average molecular weight is 591 g/mol. The summed E-state index contributed by atoms with van der Waals surface area (Å²) in [5, 5.41) is 4.43. The van der Waals surface area contributed by atoms with Crippen LogP contribution in [0.3, 0.4) is 0 Å². The maximum Gasteiger partial charge on any atom is 0.309 e. The van der Waals surface area contributed by atoms with E-state index in [4.69, 9.17) is 19.6 Å². The molecule has 2 saturated heterocycles. The fourth-order valence-corrected chi connectivity index (χ4v) is 6.75. The van der Waals surface area contributed by atoms with Crippen LogP contribution in [0.15, 0.2) is 51.9 Å². The number of hydrogen-bond acceptors (Lipinski definition) is 11. The highest BCUT2D eigenvalue weighted by atomic mass is 32.1. The van der Waals surface area contributed by atoms with Crippen molar-refractivity contribution in [1.82, 2.24) is 33.9 Å². The number of morpholine rings is 1. The molecule has 5 aromatic rings. The van der Waals surface area contributed by atoms with E-state index in [1.807, 2.05) is 0 Å². The van der Waals surface area contributed by atoms with Crippen LogP contribution in [0.25, 0.3) is 27.6 Å². The van der Waals surface area contributed by atoms with Gasteiger partial charge in [-0.05, 0) is 61.7 Å². The first-order valence-electron chi connectivity index (χ1n) is 14.5. The second-order valence-electron chi connectivity index (χ2n) is 10.8. The lowest BCUT2D eigenvalue weighted by atomic mass is 9.89. The highest BCUT2D eigenvalue weighted by Gasteiger charge is 2.23. The van der Waals surface area contributed by atoms with Gasteiger partial charge in [0.1, 0.15) is 17.1 Å². The lowest BCUT2D eigenvalue weighted by Crippen LogP contribution is -2.38. The monoisotopic (exact) mass is 590 g/mol. The number of benzene rings is 1. The second kappa shape index (κ2) is 11.8. The standard InChI is InChI=1S/C29H34N8O4S/c30-28-32-26-24(27-31-25(33-37(27)28)23-2-1-16-41-23)42-29(38)36(26)12-11-34-9-7-21(8-10-34)20-3-5-22(6-4-20)40-19-15-35-13-17-39-18-14-35/h1-6,16,21H,7-15,17-19H2,(H2,30,32). The molecule has 2 fully saturated rings. The molecule has 0 atom stereocenters. The minimum absolute atomic E-state index is 0.0744. The van der Waals surface area contributed by atoms with Gasteiger partial charge in [0.05, 0.1) is 19.5 Å². The maximum atomic E-state index is 13.0. The van der Waals surface area contributed by atoms with Crippen LogP contribution in [-0.4, -0.2) is 93.0 Å². The molecule has 220 valence electrons. The van der Waals surface area contributed by atoms with Gasteiger partial charge in [0.2, 0.25) is 11.8 Å². The molecule has 0 amide bonds. The van der Waals surface area contributed by atoms with Crippen molar-refractivity contribution in [3.63, 3.8) is 0 Å². The zero-order valence-electron chi connectivity index (χ0n) is 23.4. The zero-order valence-corrected chi connectivity index (χ0v) is 24.2. The van der Waals surface area contributed by atoms with Gasteiger partial charge in [-0.1, -0.05) is 23.5 Å². The van der Waals surface area contributed by atoms with Crippen LogP contribution in [0.5, 0.6) is 5.75 Å². The SMILES string of the molecule is Nc1nc2c(sc(=O)n2CCN2CCC(c3ccc(OCCN4CCOCC4)cc3)CC2)c2nc(-c3ccco3)nn12. The molecule has 0 aliphatic carbocycles. The smallest absolute Gasteiger partial charge is 0.309 e. The molecule has 0 radical (unpaired) electrons. The van der Waals surface area contributed by atoms with Gasteiger partial charge in [0.25, 0.3) is 0 Å². The lowest BCUT2D eigenvalue weighted by Gasteiger charge is -2.32. The van der Waals surface area contributed by atoms with E-state index in [0.29, 0.717) is 46.6 Å². The first-order valence-corrected chi connectivity index (χ1v) is 15.3. The number of piperidine rings is 1. The Morgan fingerprint density at radius 1 is 0.952 bits per heavy atom. The number of nitrogen functional groups attached to an aromatic ring is 1. The largest absolute Gasteiger partial charge is 0.492 e. The molecule has 0 unspecified atom stereocenters. The number of aromatic nitrogens is 5. The topological polar surface area (TPSA) is 129 Å². The van der Waals surface area contributed by atoms with Crippen molar-refractivity contribution in [3.8, 4) is 17.3 Å². The molecule has 0 saturated carbocycles. The Morgan fingerprint density at radius 3 is 2.50 bits per heavy atom. The first kappa shape index (κ1) is 27.1. The predicted octanol–water partition coefficient (Wildman–Crippen LogP) is 2.93. The van der Waals surface area contributed by atoms with Crippen LogP contribution in [0, 0.1) is 0 Å². The summed E-state index contributed by atoms with van der Waals surface area (Å²) in [6.07, 6.45) is 3.73. The van der Waals surface area contributed by atoms with E-state index >= 15 is 0 Å². The summed E-state index contributed by atoms with van der Waals surface area (Å²) in [6, 6.07) is 12.2. The van der Waals surface area contributed by atoms with Crippen molar-refractivity contribution in [2.45, 2.75) is 25.3 Å². The lowest BCUT2D eigenvalue weighted by molar-refractivity contribution is 0.0322. The van der Waals surface area contributed by atoms with E-state index in [1.165, 1.54) is 10.1 Å². The summed E-state index contributed by atoms with van der Waals surface area (Å²) in [5.41, 5.74) is 8.65. The number of nitrogens with zero attached hydrogens (tertiary/aromatic N) is 7. The molecule has 0 bridgehead atoms. The van der Waals surface area contributed by atoms with Gasteiger partial charge in [-0.15, -0.1) is 5.10 Å². The summed E-state index contributed by atoms with van der Waals surface area (Å²) in [5.74, 6) is 2.57. The third-order valence-corrected chi connectivity index (χ3v) is 9.18. The van der Waals surface area contributed by atoms with Crippen LogP contribution in [0.1, 0.15) is 24.3 Å². The number of rotatable bonds is 9. The number of fused-ring (bicyclic) bond motifs is 3. The third-order valence-electron chi connectivity index (χ3n) is 8.22. The Morgan fingerprint density at radius 2 is 1.74 bits per heavy atom. The van der Waals surface area contributed by atoms with Gasteiger partial charge in [0.15, 0.2) is 17.1 Å². The Kier molecular flexibility index (Phi) is 7.63. The van der Waals surface area contributed by atoms with Crippen LogP contribution in [0.4, 0.5) is 5.95 Å². The molecule has 2 N–H and O–H groups in total. The summed E-state index contributed by atoms with van der Waals surface area (Å²) < 4.78 is 20.7. The minimum atomic E-state index is -0.0744. The molecule has 1 aromatic carbocycles. The number of likely N-dealkylation sites (tertiary alicyclic amines) is 1. The Labute approximate surface area is 246 Å². The maximum absolute atomic E-state index is 13.0. The minimum Gasteiger partial charge on any atom is -0.492 e. The summed E-state index contributed by atoms with van der Waals surface area (Å²) >= 11 is 1.12. The molecular formula is C29H34N8O4S. The summed E-state index contributed by atoms with van der Waals surface area (Å²) in [6.45, 7) is 8.48. The van der Waals surface area contributed by atoms with Gasteiger partial charge in [-0.3, -0.25) is 14.3 Å². The van der Waals surface area contributed by atoms with E-state index in [-0.39, 0.29) is 10.8 Å². The van der Waals surface area contributed by atoms with E-state index in [0.717, 1.165) is 82.4 Å². The van der Waals surface area contributed by atoms with Gasteiger partial charge < -0.3 is 24.5 Å². The second-order valence-corrected chi connectivity index (χ2v) is 11.7. The number of hydrogen-bond donors (Lipinski definition) is 1. The number of thiazole rings is 1. The average Bonchev–Trinajstić information content (AvgIpc) is 3.77. The van der Waals surface area contributed by atoms with Crippen molar-refractivity contribution in [2.24, 2.45) is 0 Å². The van der Waals surface area contributed by atoms with E-state index in [2.05, 4.69) is 49.1 Å². The van der Waals surface area contributed by atoms with Crippen molar-refractivity contribution >= 4 is 33.3 Å². The normalized spacial score (nSPS) is 17.4. The Balaban J connectivity index is 0.947. The van der Waals surface area contributed by atoms with Crippen molar-refractivity contribution in [3.05, 3.63) is 57.9 Å². The van der Waals surface area contributed by atoms with Crippen LogP contribution < -0.4 is 15.3 Å². The molecule has 42 heavy (non-hydrogen) atoms. The molecule has 2 aliphatic rings. The van der Waals surface area contributed by atoms with Crippen molar-refractivity contribution in [2.75, 3.05) is 64.8 Å². The third kappa shape index (κ3) is 5.52. The first-order chi connectivity index (χ1) is 20.6. The van der Waals surface area contributed by atoms with Crippen LogP contribution in [0.2, 0.25) is 0 Å². The van der Waals surface area contributed by atoms with E-state index in [9.17, 15) is 4.79 Å². The van der Waals surface area contributed by atoms with Gasteiger partial charge in [-0.2, -0.15) is 9.50 Å². The highest BCUT2D eigenvalue weighted by Crippen LogP contribution is 2.30. The molecule has 4 aromatic heterocycles. The van der Waals surface area contributed by atoms with Gasteiger partial charge in [-0.25, -0.2) is 4.98 Å². The predicted molar refractivity (Wildman–Crippen MR) is 160 cm³/mol. The van der Waals surface area contributed by atoms with Crippen molar-refractivity contribution < 1.29 is 13.9 Å². The van der Waals surface area contributed by atoms with Gasteiger partial charge >= 0.3 is 4.87 Å². The number of ether oxygens (including phenoxy) is 2. The van der Waals surface area contributed by atoms with Gasteiger partial charge in [0, 0.05) is 32.7 Å². The Bertz CT molecular complexity index is 1700. The molecule has 6 heterocycles. The van der Waals surface area contributed by atoms with Crippen LogP contribution >= 0.6 is 11.3 Å². The molecular weight excluding hydrogens is 556 g/mol. The fraction of sp³-hybridized carbons (Fsp3) is 0.448. The molecule has 2 aliphatic heterocycles. The summed E-state index contributed by atoms with van der Waals surface area (Å²) in [4.78, 5) is 26.9. The zero-order chi connectivity index (χ0) is 28.5. The van der Waals surface area contributed by atoms with Crippen molar-refractivity contribution in [1.29, 1.82) is 0 Å². The molecule has 13 heteroatoms.